The Balaban J connectivity index is 1.21. The second kappa shape index (κ2) is 20.6. The maximum absolute atomic E-state index is 12.7. The Morgan fingerprint density at radius 2 is 1.02 bits per heavy atom. The number of urea groups is 1. The fourth-order valence-electron chi connectivity index (χ4n) is 5.54. The Hall–Kier alpha value is -3.39. The van der Waals surface area contributed by atoms with Gasteiger partial charge in [0.15, 0.2) is 0 Å². The monoisotopic (exact) mass is 635 g/mol. The smallest absolute Gasteiger partial charge is 0.326 e. The third-order valence-electron chi connectivity index (χ3n) is 8.19. The Morgan fingerprint density at radius 1 is 0.556 bits per heavy atom. The zero-order chi connectivity index (χ0) is 32.2. The van der Waals surface area contributed by atoms with Gasteiger partial charge in [-0.2, -0.15) is 0 Å². The van der Waals surface area contributed by atoms with Crippen molar-refractivity contribution in [3.8, 4) is 0 Å². The molecule has 0 saturated heterocycles. The molecule has 3 aromatic rings. The molecular weight excluding hydrogens is 582 g/mol. The molecule has 0 fully saturated rings. The molecule has 3 aromatic carbocycles. The number of fused-ring (bicyclic) bond motifs is 1. The van der Waals surface area contributed by atoms with Gasteiger partial charge in [-0.3, -0.25) is 4.79 Å². The van der Waals surface area contributed by atoms with Crippen LogP contribution in [-0.4, -0.2) is 20.4 Å². The molecule has 0 heterocycles. The van der Waals surface area contributed by atoms with Crippen LogP contribution in [0.3, 0.4) is 0 Å². The van der Waals surface area contributed by atoms with Gasteiger partial charge < -0.3 is 10.6 Å². The molecular formula is C37H53N3O4S. The maximum Gasteiger partial charge on any atom is 0.333 e. The number of sulfonamides is 1. The van der Waals surface area contributed by atoms with E-state index in [9.17, 15) is 18.0 Å². The normalized spacial score (nSPS) is 11.4. The molecule has 0 aliphatic carbocycles. The van der Waals surface area contributed by atoms with Crippen LogP contribution in [0.4, 0.5) is 16.2 Å². The number of hydrogen-bond donors (Lipinski definition) is 3. The molecule has 0 radical (unpaired) electrons. The number of rotatable bonds is 22. The molecule has 3 N–H and O–H groups in total. The summed E-state index contributed by atoms with van der Waals surface area (Å²) in [6.07, 6.45) is 22.7. The molecule has 0 unspecified atom stereocenters. The molecule has 7 nitrogen and oxygen atoms in total. The zero-order valence-electron chi connectivity index (χ0n) is 27.1. The van der Waals surface area contributed by atoms with Crippen LogP contribution in [0, 0.1) is 0 Å². The predicted molar refractivity (Wildman–Crippen MR) is 187 cm³/mol. The summed E-state index contributed by atoms with van der Waals surface area (Å²) in [7, 11) is -4.04. The van der Waals surface area contributed by atoms with Crippen molar-refractivity contribution in [3.05, 3.63) is 66.7 Å². The topological polar surface area (TPSA) is 104 Å². The minimum atomic E-state index is -4.04. The van der Waals surface area contributed by atoms with E-state index >= 15 is 0 Å². The number of unbranched alkanes of at least 4 members (excludes halogenated alkanes) is 16. The van der Waals surface area contributed by atoms with E-state index in [1.165, 1.54) is 108 Å². The van der Waals surface area contributed by atoms with E-state index in [1.54, 1.807) is 30.3 Å². The highest BCUT2D eigenvalue weighted by molar-refractivity contribution is 7.90. The number of amides is 3. The van der Waals surface area contributed by atoms with Crippen LogP contribution in [0.25, 0.3) is 10.8 Å². The van der Waals surface area contributed by atoms with Gasteiger partial charge in [-0.15, -0.1) is 0 Å². The lowest BCUT2D eigenvalue weighted by Crippen LogP contribution is -2.34. The summed E-state index contributed by atoms with van der Waals surface area (Å²) in [6.45, 7) is 2.27. The molecule has 0 aromatic heterocycles. The molecule has 0 spiro atoms. The Labute approximate surface area is 271 Å². The van der Waals surface area contributed by atoms with Crippen LogP contribution in [-0.2, 0) is 14.8 Å². The summed E-state index contributed by atoms with van der Waals surface area (Å²) in [5.41, 5.74) is 1.04. The molecule has 45 heavy (non-hydrogen) atoms. The molecule has 246 valence electrons. The average molecular weight is 636 g/mol. The first-order valence-electron chi connectivity index (χ1n) is 17.1. The van der Waals surface area contributed by atoms with Gasteiger partial charge in [-0.25, -0.2) is 17.9 Å². The molecule has 0 atom stereocenters. The van der Waals surface area contributed by atoms with Crippen molar-refractivity contribution in [2.75, 3.05) is 10.6 Å². The van der Waals surface area contributed by atoms with Gasteiger partial charge in [0.25, 0.3) is 10.0 Å². The summed E-state index contributed by atoms with van der Waals surface area (Å²) in [4.78, 5) is 24.8. The largest absolute Gasteiger partial charge is 0.333 e. The summed E-state index contributed by atoms with van der Waals surface area (Å²) >= 11 is 0. The van der Waals surface area contributed by atoms with E-state index in [1.807, 2.05) is 29.0 Å². The molecule has 0 aliphatic rings. The van der Waals surface area contributed by atoms with Crippen LogP contribution in [0.2, 0.25) is 0 Å². The standard InChI is InChI=1S/C37H53N3O4S/c1-2-3-4-5-6-7-8-9-10-11-12-13-14-15-16-17-18-23-36(41)38-33-25-27-34(28-26-33)39-37(42)40-45(43,44)35-29-24-31-21-19-20-22-32(31)30-35/h19-22,24-30H,2-18,23H2,1H3,(H,38,41)(H2,39,40,42). The fraction of sp³-hybridized carbons (Fsp3) is 0.514. The second-order valence-corrected chi connectivity index (χ2v) is 13.8. The summed E-state index contributed by atoms with van der Waals surface area (Å²) in [5, 5.41) is 7.10. The van der Waals surface area contributed by atoms with E-state index in [4.69, 9.17) is 0 Å². The lowest BCUT2D eigenvalue weighted by molar-refractivity contribution is -0.116. The van der Waals surface area contributed by atoms with E-state index in [-0.39, 0.29) is 10.8 Å². The van der Waals surface area contributed by atoms with Crippen molar-refractivity contribution in [2.45, 2.75) is 127 Å². The van der Waals surface area contributed by atoms with Crippen molar-refractivity contribution in [1.29, 1.82) is 0 Å². The zero-order valence-corrected chi connectivity index (χ0v) is 27.9. The van der Waals surface area contributed by atoms with Gasteiger partial charge in [0.2, 0.25) is 5.91 Å². The third kappa shape index (κ3) is 14.5. The number of benzene rings is 3. The van der Waals surface area contributed by atoms with Gasteiger partial charge in [-0.05, 0) is 53.6 Å². The number of anilines is 2. The van der Waals surface area contributed by atoms with Gasteiger partial charge >= 0.3 is 6.03 Å². The fourth-order valence-corrected chi connectivity index (χ4v) is 6.49. The lowest BCUT2D eigenvalue weighted by Gasteiger charge is -2.10. The summed E-state index contributed by atoms with van der Waals surface area (Å²) in [5.74, 6) is -0.0316. The Morgan fingerprint density at radius 3 is 1.56 bits per heavy atom. The van der Waals surface area contributed by atoms with Gasteiger partial charge in [0.1, 0.15) is 0 Å². The van der Waals surface area contributed by atoms with Crippen molar-refractivity contribution in [1.82, 2.24) is 4.72 Å². The quantitative estimate of drug-likeness (QED) is 0.0955. The van der Waals surface area contributed by atoms with Crippen LogP contribution >= 0.6 is 0 Å². The molecule has 3 rings (SSSR count). The SMILES string of the molecule is CCCCCCCCCCCCCCCCCCCC(=O)Nc1ccc(NC(=O)NS(=O)(=O)c2ccc3ccccc3c2)cc1. The highest BCUT2D eigenvalue weighted by Gasteiger charge is 2.18. The first-order valence-corrected chi connectivity index (χ1v) is 18.6. The number of nitrogens with one attached hydrogen (secondary N) is 3. The van der Waals surface area contributed by atoms with Crippen LogP contribution in [0.5, 0.6) is 0 Å². The van der Waals surface area contributed by atoms with E-state index in [0.717, 1.165) is 23.6 Å². The highest BCUT2D eigenvalue weighted by atomic mass is 32.2. The number of carbonyl (C=O) groups is 2. The number of hydrogen-bond acceptors (Lipinski definition) is 4. The van der Waals surface area contributed by atoms with E-state index < -0.39 is 16.1 Å². The summed E-state index contributed by atoms with van der Waals surface area (Å²) in [6, 6.07) is 17.8. The van der Waals surface area contributed by atoms with Gasteiger partial charge in [0.05, 0.1) is 4.90 Å². The van der Waals surface area contributed by atoms with Gasteiger partial charge in [0, 0.05) is 17.8 Å². The van der Waals surface area contributed by atoms with Crippen molar-refractivity contribution in [3.63, 3.8) is 0 Å². The first-order chi connectivity index (χ1) is 21.9. The molecule has 0 saturated carbocycles. The van der Waals surface area contributed by atoms with Gasteiger partial charge in [-0.1, -0.05) is 140 Å². The van der Waals surface area contributed by atoms with Crippen molar-refractivity contribution < 1.29 is 18.0 Å². The van der Waals surface area contributed by atoms with E-state index in [0.29, 0.717) is 17.8 Å². The Kier molecular flexibility index (Phi) is 16.5. The molecule has 3 amide bonds. The molecule has 0 bridgehead atoms. The maximum atomic E-state index is 12.7. The average Bonchev–Trinajstić information content (AvgIpc) is 3.03. The van der Waals surface area contributed by atoms with E-state index in [2.05, 4.69) is 17.6 Å². The predicted octanol–water partition coefficient (Wildman–Crippen LogP) is 10.3. The van der Waals surface area contributed by atoms with Crippen LogP contribution in [0.1, 0.15) is 122 Å². The van der Waals surface area contributed by atoms with Crippen LogP contribution < -0.4 is 15.4 Å². The van der Waals surface area contributed by atoms with Crippen molar-refractivity contribution in [2.24, 2.45) is 0 Å². The van der Waals surface area contributed by atoms with Crippen molar-refractivity contribution >= 4 is 44.1 Å². The summed E-state index contributed by atoms with van der Waals surface area (Å²) < 4.78 is 27.4. The van der Waals surface area contributed by atoms with Crippen LogP contribution in [0.15, 0.2) is 71.6 Å². The lowest BCUT2D eigenvalue weighted by atomic mass is 10.0. The first kappa shape index (κ1) is 36.1. The Bertz CT molecular complexity index is 1410. The second-order valence-electron chi connectivity index (χ2n) is 12.1. The number of carbonyl (C=O) groups excluding carboxylic acids is 2. The molecule has 8 heteroatoms. The minimum absolute atomic E-state index is 0.00833. The minimum Gasteiger partial charge on any atom is -0.326 e. The third-order valence-corrected chi connectivity index (χ3v) is 9.52. The molecule has 0 aliphatic heterocycles. The highest BCUT2D eigenvalue weighted by Crippen LogP contribution is 2.20.